The molecule has 5 heterocycles. The van der Waals surface area contributed by atoms with E-state index in [0.717, 1.165) is 49.4 Å². The number of aliphatic carboxylic acids is 1. The van der Waals surface area contributed by atoms with E-state index in [9.17, 15) is 9.90 Å². The lowest BCUT2D eigenvalue weighted by Crippen LogP contribution is -2.41. The number of ether oxygens (including phenoxy) is 1. The molecule has 0 saturated carbocycles. The van der Waals surface area contributed by atoms with Crippen molar-refractivity contribution in [3.63, 3.8) is 0 Å². The van der Waals surface area contributed by atoms with Crippen LogP contribution in [0.1, 0.15) is 95.6 Å². The quantitative estimate of drug-likeness (QED) is 0.256. The average molecular weight is 595 g/mol. The number of piperidine rings is 1. The number of nitrogens with zero attached hydrogens (tertiary/aromatic N) is 4. The summed E-state index contributed by atoms with van der Waals surface area (Å²) >= 11 is 0. The van der Waals surface area contributed by atoms with E-state index in [4.69, 9.17) is 14.8 Å². The predicted molar refractivity (Wildman–Crippen MR) is 176 cm³/mol. The second kappa shape index (κ2) is 12.0. The molecule has 0 radical (unpaired) electrons. The molecule has 1 atom stereocenters. The Morgan fingerprint density at radius 2 is 1.68 bits per heavy atom. The number of benzene rings is 2. The van der Waals surface area contributed by atoms with Crippen LogP contribution in [0.2, 0.25) is 0 Å². The zero-order valence-electron chi connectivity index (χ0n) is 26.9. The molecule has 2 aromatic carbocycles. The van der Waals surface area contributed by atoms with Crippen LogP contribution in [-0.4, -0.2) is 44.4 Å². The van der Waals surface area contributed by atoms with E-state index in [2.05, 4.69) is 60.4 Å². The van der Waals surface area contributed by atoms with Crippen LogP contribution >= 0.6 is 0 Å². The molecule has 1 N–H and O–H groups in total. The first-order valence-electron chi connectivity index (χ1n) is 16.3. The van der Waals surface area contributed by atoms with E-state index >= 15 is 0 Å². The number of hydrogen-bond acceptors (Lipinski definition) is 5. The Hall–Kier alpha value is -3.71. The molecule has 7 nitrogen and oxygen atoms in total. The van der Waals surface area contributed by atoms with Crippen molar-refractivity contribution in [3.8, 4) is 22.4 Å². The lowest BCUT2D eigenvalue weighted by atomic mass is 9.76. The van der Waals surface area contributed by atoms with Crippen LogP contribution in [0.3, 0.4) is 0 Å². The highest BCUT2D eigenvalue weighted by Crippen LogP contribution is 2.41. The van der Waals surface area contributed by atoms with E-state index < -0.39 is 17.7 Å². The lowest BCUT2D eigenvalue weighted by molar-refractivity contribution is -0.160. The summed E-state index contributed by atoms with van der Waals surface area (Å²) in [7, 11) is 0. The topological polar surface area (TPSA) is 80.0 Å². The normalized spacial score (nSPS) is 18.0. The van der Waals surface area contributed by atoms with Crippen LogP contribution in [0, 0.1) is 12.3 Å². The molecule has 6 bridgehead atoms. The maximum atomic E-state index is 12.8. The molecule has 4 aromatic rings. The van der Waals surface area contributed by atoms with E-state index in [1.165, 1.54) is 48.8 Å². The first kappa shape index (κ1) is 30.3. The minimum absolute atomic E-state index is 0.274. The number of carboxylic acids is 1. The largest absolute Gasteiger partial charge is 0.479 e. The molecule has 0 spiro atoms. The molecule has 0 amide bonds. The van der Waals surface area contributed by atoms with Crippen molar-refractivity contribution in [2.75, 3.05) is 18.0 Å². The highest BCUT2D eigenvalue weighted by molar-refractivity contribution is 5.79. The fraction of sp³-hybridized carbons (Fsp3) is 0.486. The summed E-state index contributed by atoms with van der Waals surface area (Å²) in [5, 5.41) is 15.6. The Kier molecular flexibility index (Phi) is 8.27. The minimum atomic E-state index is -1.16. The molecule has 7 rings (SSSR count). The lowest BCUT2D eigenvalue weighted by Gasteiger charge is -2.41. The smallest absolute Gasteiger partial charge is 0.337 e. The van der Waals surface area contributed by atoms with Gasteiger partial charge in [-0.2, -0.15) is 9.61 Å². The number of carboxylic acid groups (broad SMARTS) is 1. The Morgan fingerprint density at radius 1 is 0.955 bits per heavy atom. The number of anilines is 1. The number of aromatic nitrogens is 3. The first-order chi connectivity index (χ1) is 21.0. The van der Waals surface area contributed by atoms with Crippen LogP contribution in [0.25, 0.3) is 28.0 Å². The third-order valence-electron chi connectivity index (χ3n) is 9.50. The van der Waals surface area contributed by atoms with Gasteiger partial charge in [0, 0.05) is 30.4 Å². The SMILES string of the molecule is Cc1nc2cc3nn2c(c1C(OC(C)(C)C)C(=O)O)N1CCC(C)(CCCCCCc2ccccc2-c2cccc-3c2)CC1. The Morgan fingerprint density at radius 3 is 2.43 bits per heavy atom. The van der Waals surface area contributed by atoms with E-state index in [1.807, 2.05) is 38.3 Å². The minimum Gasteiger partial charge on any atom is -0.479 e. The second-order valence-corrected chi connectivity index (χ2v) is 14.1. The summed E-state index contributed by atoms with van der Waals surface area (Å²) in [6.07, 6.45) is 8.19. The zero-order chi connectivity index (χ0) is 31.1. The number of hydrogen-bond donors (Lipinski definition) is 1. The molecule has 0 aliphatic carbocycles. The molecule has 44 heavy (non-hydrogen) atoms. The van der Waals surface area contributed by atoms with Gasteiger partial charge in [-0.05, 0) is 88.0 Å². The third kappa shape index (κ3) is 6.25. The predicted octanol–water partition coefficient (Wildman–Crippen LogP) is 8.43. The van der Waals surface area contributed by atoms with Crippen molar-refractivity contribution in [1.29, 1.82) is 0 Å². The summed E-state index contributed by atoms with van der Waals surface area (Å²) in [5.41, 5.74) is 7.25. The fourth-order valence-electron chi connectivity index (χ4n) is 7.05. The molecular formula is C37H46N4O3. The summed E-state index contributed by atoms with van der Waals surface area (Å²) in [6, 6.07) is 19.4. The highest BCUT2D eigenvalue weighted by atomic mass is 16.5. The van der Waals surface area contributed by atoms with Crippen LogP contribution in [0.4, 0.5) is 5.82 Å². The Bertz CT molecular complexity index is 1660. The maximum absolute atomic E-state index is 12.8. The molecule has 1 fully saturated rings. The van der Waals surface area contributed by atoms with Crippen molar-refractivity contribution in [2.24, 2.45) is 5.41 Å². The van der Waals surface area contributed by atoms with Crippen molar-refractivity contribution < 1.29 is 14.6 Å². The Labute approximate surface area is 261 Å². The van der Waals surface area contributed by atoms with Gasteiger partial charge in [-0.15, -0.1) is 0 Å². The van der Waals surface area contributed by atoms with Crippen LogP contribution < -0.4 is 4.90 Å². The van der Waals surface area contributed by atoms with Gasteiger partial charge in [-0.25, -0.2) is 9.78 Å². The van der Waals surface area contributed by atoms with Gasteiger partial charge in [0.1, 0.15) is 5.82 Å². The number of rotatable bonds is 3. The molecule has 2 aromatic heterocycles. The summed E-state index contributed by atoms with van der Waals surface area (Å²) in [4.78, 5) is 20.0. The fourth-order valence-corrected chi connectivity index (χ4v) is 7.05. The van der Waals surface area contributed by atoms with E-state index in [1.54, 1.807) is 0 Å². The monoisotopic (exact) mass is 594 g/mol. The van der Waals surface area contributed by atoms with Gasteiger partial charge in [0.05, 0.1) is 16.9 Å². The molecular weight excluding hydrogens is 548 g/mol. The Balaban J connectivity index is 1.54. The number of carbonyl (C=O) groups is 1. The van der Waals surface area contributed by atoms with Gasteiger partial charge >= 0.3 is 5.97 Å². The van der Waals surface area contributed by atoms with Gasteiger partial charge in [0.2, 0.25) is 0 Å². The maximum Gasteiger partial charge on any atom is 0.337 e. The molecule has 232 valence electrons. The molecule has 3 aliphatic rings. The van der Waals surface area contributed by atoms with Crippen molar-refractivity contribution in [1.82, 2.24) is 14.6 Å². The molecule has 1 unspecified atom stereocenters. The van der Waals surface area contributed by atoms with Crippen molar-refractivity contribution >= 4 is 17.4 Å². The van der Waals surface area contributed by atoms with Crippen molar-refractivity contribution in [3.05, 3.63) is 71.4 Å². The second-order valence-electron chi connectivity index (χ2n) is 14.1. The van der Waals surface area contributed by atoms with E-state index in [0.29, 0.717) is 16.9 Å². The van der Waals surface area contributed by atoms with Crippen molar-refractivity contribution in [2.45, 2.75) is 97.7 Å². The zero-order valence-corrected chi connectivity index (χ0v) is 26.9. The van der Waals surface area contributed by atoms with Crippen LogP contribution in [0.15, 0.2) is 54.6 Å². The van der Waals surface area contributed by atoms with E-state index in [-0.39, 0.29) is 5.41 Å². The molecule has 1 saturated heterocycles. The van der Waals surface area contributed by atoms with Gasteiger partial charge in [0.25, 0.3) is 0 Å². The van der Waals surface area contributed by atoms with Crippen LogP contribution in [0.5, 0.6) is 0 Å². The molecule has 7 heteroatoms. The summed E-state index contributed by atoms with van der Waals surface area (Å²) < 4.78 is 8.09. The average Bonchev–Trinajstić information content (AvgIpc) is 3.41. The third-order valence-corrected chi connectivity index (χ3v) is 9.50. The highest BCUT2D eigenvalue weighted by Gasteiger charge is 2.37. The molecule has 3 aliphatic heterocycles. The van der Waals surface area contributed by atoms with Crippen LogP contribution in [-0.2, 0) is 16.0 Å². The standard InChI is InChI=1S/C37H46N4O3/c1-25-32(33(35(42)43)44-36(2,3)4)34-40-21-19-37(5,20-22-40)18-11-7-6-8-13-26-14-9-10-17-29(26)27-15-12-16-28(23-27)30-24-31(38-25)41(34)39-30/h9-10,12,14-17,23-24,33H,6-8,11,13,18-22H2,1-5H3,(H,42,43). The van der Waals surface area contributed by atoms with Gasteiger partial charge in [0.15, 0.2) is 11.8 Å². The number of aryl methyl sites for hydroxylation is 2. The van der Waals surface area contributed by atoms with Gasteiger partial charge < -0.3 is 14.7 Å². The number of fused-ring (bicyclic) bond motifs is 7. The summed E-state index contributed by atoms with van der Waals surface area (Å²) in [5.74, 6) is -0.228. The first-order valence-corrected chi connectivity index (χ1v) is 16.3. The summed E-state index contributed by atoms with van der Waals surface area (Å²) in [6.45, 7) is 11.7. The van der Waals surface area contributed by atoms with Gasteiger partial charge in [-0.1, -0.05) is 68.7 Å². The van der Waals surface area contributed by atoms with Gasteiger partial charge in [-0.3, -0.25) is 0 Å².